The lowest BCUT2D eigenvalue weighted by atomic mass is 10.2. The molecule has 0 heterocycles. The third kappa shape index (κ3) is 13.8. The number of quaternary nitrogens is 1. The molecule has 0 spiro atoms. The van der Waals surface area contributed by atoms with Gasteiger partial charge in [-0.15, -0.1) is 0 Å². The molecule has 0 fully saturated rings. The summed E-state index contributed by atoms with van der Waals surface area (Å²) in [6.07, 6.45) is 5.33. The fourth-order valence-corrected chi connectivity index (χ4v) is 2.57. The minimum atomic E-state index is -6.00. The van der Waals surface area contributed by atoms with Crippen molar-refractivity contribution in [3.63, 3.8) is 0 Å². The second kappa shape index (κ2) is 10.6. The molecular weight excluding hydrogens is 245 g/mol. The molecule has 0 aliphatic rings. The average molecular weight is 273 g/mol. The van der Waals surface area contributed by atoms with Crippen molar-refractivity contribution >= 4 is 7.25 Å². The quantitative estimate of drug-likeness (QED) is 0.340. The van der Waals surface area contributed by atoms with Crippen molar-refractivity contribution in [3.8, 4) is 0 Å². The van der Waals surface area contributed by atoms with Gasteiger partial charge in [0, 0.05) is 0 Å². The first-order valence-corrected chi connectivity index (χ1v) is 6.97. The Labute approximate surface area is 109 Å². The average Bonchev–Trinajstić information content (AvgIpc) is 2.16. The second-order valence-corrected chi connectivity index (χ2v) is 4.73. The van der Waals surface area contributed by atoms with Gasteiger partial charge in [0.15, 0.2) is 0 Å². The molecule has 0 radical (unpaired) electrons. The molecule has 0 saturated carbocycles. The van der Waals surface area contributed by atoms with E-state index in [1.165, 1.54) is 56.3 Å². The van der Waals surface area contributed by atoms with Crippen molar-refractivity contribution in [1.29, 1.82) is 0 Å². The van der Waals surface area contributed by atoms with Crippen molar-refractivity contribution in [2.24, 2.45) is 0 Å². The van der Waals surface area contributed by atoms with Gasteiger partial charge in [0.25, 0.3) is 0 Å². The zero-order valence-corrected chi connectivity index (χ0v) is 12.2. The zero-order valence-electron chi connectivity index (χ0n) is 12.2. The highest BCUT2D eigenvalue weighted by molar-refractivity contribution is 6.50. The van der Waals surface area contributed by atoms with Gasteiger partial charge in [0.2, 0.25) is 0 Å². The normalized spacial score (nSPS) is 12.0. The number of hydrogen-bond donors (Lipinski definition) is 0. The molecule has 0 amide bonds. The third-order valence-electron chi connectivity index (χ3n) is 2.79. The summed E-state index contributed by atoms with van der Waals surface area (Å²) < 4.78 is 40.4. The maximum absolute atomic E-state index is 9.75. The lowest BCUT2D eigenvalue weighted by molar-refractivity contribution is -0.928. The highest BCUT2D eigenvalue weighted by atomic mass is 19.5. The van der Waals surface area contributed by atoms with Crippen LogP contribution < -0.4 is 0 Å². The number of nitrogens with zero attached hydrogens (tertiary/aromatic N) is 1. The van der Waals surface area contributed by atoms with Crippen LogP contribution in [-0.2, 0) is 0 Å². The van der Waals surface area contributed by atoms with Crippen LogP contribution in [0.25, 0.3) is 0 Å². The topological polar surface area (TPSA) is 0 Å². The van der Waals surface area contributed by atoms with Gasteiger partial charge in [-0.1, -0.05) is 27.7 Å². The molecular formula is C12H28BF4N. The molecule has 0 N–H and O–H groups in total. The molecule has 0 aromatic heterocycles. The second-order valence-electron chi connectivity index (χ2n) is 4.73. The van der Waals surface area contributed by atoms with E-state index in [0.29, 0.717) is 0 Å². The fraction of sp³-hybridized carbons (Fsp3) is 1.00. The van der Waals surface area contributed by atoms with Crippen LogP contribution in [0.15, 0.2) is 0 Å². The summed E-state index contributed by atoms with van der Waals surface area (Å²) in [7, 11) is -6.00. The fourth-order valence-electron chi connectivity index (χ4n) is 2.57. The highest BCUT2D eigenvalue weighted by Gasteiger charge is 2.22. The smallest absolute Gasteiger partial charge is 0.418 e. The van der Waals surface area contributed by atoms with E-state index >= 15 is 0 Å². The Balaban J connectivity index is 0. The van der Waals surface area contributed by atoms with E-state index in [2.05, 4.69) is 27.7 Å². The first kappa shape index (κ1) is 20.1. The van der Waals surface area contributed by atoms with Gasteiger partial charge in [0.1, 0.15) is 0 Å². The predicted molar refractivity (Wildman–Crippen MR) is 71.1 cm³/mol. The third-order valence-corrected chi connectivity index (χ3v) is 2.79. The number of rotatable bonds is 8. The van der Waals surface area contributed by atoms with Crippen LogP contribution in [0.1, 0.15) is 53.4 Å². The van der Waals surface area contributed by atoms with E-state index in [9.17, 15) is 17.3 Å². The molecule has 112 valence electrons. The molecule has 0 atom stereocenters. The van der Waals surface area contributed by atoms with Crippen LogP contribution in [0.4, 0.5) is 17.3 Å². The van der Waals surface area contributed by atoms with Crippen LogP contribution in [0.2, 0.25) is 0 Å². The Morgan fingerprint density at radius 1 is 0.611 bits per heavy atom. The standard InChI is InChI=1S/C12H28N.BF4/c1-5-9-13(10-6-2,11-7-3)12-8-4;2-1(3,4)5/h5-12H2,1-4H3;/q+1;-1. The summed E-state index contributed by atoms with van der Waals surface area (Å²) in [6, 6.07) is 0. The molecule has 0 rings (SSSR count). The molecule has 18 heavy (non-hydrogen) atoms. The zero-order chi connectivity index (χ0) is 14.7. The monoisotopic (exact) mass is 273 g/mol. The summed E-state index contributed by atoms with van der Waals surface area (Å²) in [5, 5.41) is 0. The molecule has 0 aliphatic carbocycles. The Kier molecular flexibility index (Phi) is 11.9. The molecule has 1 nitrogen and oxygen atoms in total. The minimum Gasteiger partial charge on any atom is -0.418 e. The molecule has 0 saturated heterocycles. The minimum absolute atomic E-state index is 1.33. The molecule has 0 aromatic carbocycles. The van der Waals surface area contributed by atoms with Gasteiger partial charge in [-0.05, 0) is 25.7 Å². The molecule has 0 bridgehead atoms. The number of halogens is 4. The molecule has 0 aromatic rings. The largest absolute Gasteiger partial charge is 0.673 e. The SMILES string of the molecule is CCC[N+](CCC)(CCC)CCC.F[B-](F)(F)F. The predicted octanol–water partition coefficient (Wildman–Crippen LogP) is 4.74. The van der Waals surface area contributed by atoms with E-state index < -0.39 is 7.25 Å². The summed E-state index contributed by atoms with van der Waals surface area (Å²) in [4.78, 5) is 0. The van der Waals surface area contributed by atoms with E-state index in [1.54, 1.807) is 0 Å². The number of hydrogen-bond acceptors (Lipinski definition) is 0. The van der Waals surface area contributed by atoms with Gasteiger partial charge < -0.3 is 21.7 Å². The van der Waals surface area contributed by atoms with Gasteiger partial charge in [-0.2, -0.15) is 0 Å². The lowest BCUT2D eigenvalue weighted by Crippen LogP contribution is -2.50. The van der Waals surface area contributed by atoms with Crippen LogP contribution in [0.5, 0.6) is 0 Å². The van der Waals surface area contributed by atoms with Crippen molar-refractivity contribution < 1.29 is 21.7 Å². The lowest BCUT2D eigenvalue weighted by Gasteiger charge is -2.38. The van der Waals surface area contributed by atoms with Crippen molar-refractivity contribution in [1.82, 2.24) is 0 Å². The Morgan fingerprint density at radius 2 is 0.778 bits per heavy atom. The van der Waals surface area contributed by atoms with E-state index in [-0.39, 0.29) is 0 Å². The van der Waals surface area contributed by atoms with Crippen LogP contribution in [-0.4, -0.2) is 37.9 Å². The molecule has 0 aliphatic heterocycles. The van der Waals surface area contributed by atoms with E-state index in [1.807, 2.05) is 0 Å². The summed E-state index contributed by atoms with van der Waals surface area (Å²) in [5.74, 6) is 0. The van der Waals surface area contributed by atoms with Gasteiger partial charge in [0.05, 0.1) is 26.2 Å². The maximum atomic E-state index is 9.75. The summed E-state index contributed by atoms with van der Waals surface area (Å²) >= 11 is 0. The molecule has 0 unspecified atom stereocenters. The van der Waals surface area contributed by atoms with Gasteiger partial charge >= 0.3 is 7.25 Å². The van der Waals surface area contributed by atoms with Crippen molar-refractivity contribution in [2.75, 3.05) is 26.2 Å². The van der Waals surface area contributed by atoms with Gasteiger partial charge in [-0.3, -0.25) is 0 Å². The first-order chi connectivity index (χ1) is 8.24. The van der Waals surface area contributed by atoms with Crippen molar-refractivity contribution in [3.05, 3.63) is 0 Å². The highest BCUT2D eigenvalue weighted by Crippen LogP contribution is 2.12. The van der Waals surface area contributed by atoms with Crippen LogP contribution in [0.3, 0.4) is 0 Å². The van der Waals surface area contributed by atoms with E-state index in [4.69, 9.17) is 0 Å². The summed E-state index contributed by atoms with van der Waals surface area (Å²) in [6.45, 7) is 14.8. The van der Waals surface area contributed by atoms with E-state index in [0.717, 1.165) is 0 Å². The summed E-state index contributed by atoms with van der Waals surface area (Å²) in [5.41, 5.74) is 0. The van der Waals surface area contributed by atoms with Crippen molar-refractivity contribution in [2.45, 2.75) is 53.4 Å². The Hall–Kier alpha value is -0.255. The first-order valence-electron chi connectivity index (χ1n) is 6.97. The van der Waals surface area contributed by atoms with Crippen LogP contribution in [0, 0.1) is 0 Å². The molecule has 6 heteroatoms. The Bertz CT molecular complexity index is 150. The van der Waals surface area contributed by atoms with Gasteiger partial charge in [-0.25, -0.2) is 0 Å². The maximum Gasteiger partial charge on any atom is 0.673 e. The van der Waals surface area contributed by atoms with Crippen LogP contribution >= 0.6 is 0 Å². The Morgan fingerprint density at radius 3 is 0.889 bits per heavy atom.